The lowest BCUT2D eigenvalue weighted by atomic mass is 10.0. The Labute approximate surface area is 202 Å². The molecule has 0 aromatic heterocycles. The van der Waals surface area contributed by atoms with Gasteiger partial charge < -0.3 is 20.7 Å². The molecule has 4 N–H and O–H groups in total. The highest BCUT2D eigenvalue weighted by Gasteiger charge is 2.36. The predicted molar refractivity (Wildman–Crippen MR) is 127 cm³/mol. The van der Waals surface area contributed by atoms with Crippen LogP contribution in [0.5, 0.6) is 0 Å². The second-order valence-electron chi connectivity index (χ2n) is 9.34. The minimum atomic E-state index is -0.966. The Kier molecular flexibility index (Phi) is 9.42. The van der Waals surface area contributed by atoms with Crippen molar-refractivity contribution in [2.24, 2.45) is 11.7 Å². The molecule has 1 aromatic rings. The Morgan fingerprint density at radius 2 is 1.88 bits per heavy atom. The molecular weight excluding hydrogens is 492 g/mol. The van der Waals surface area contributed by atoms with E-state index >= 15 is 0 Å². The molecule has 4 amide bonds. The van der Waals surface area contributed by atoms with Crippen LogP contribution in [0, 0.1) is 5.92 Å². The van der Waals surface area contributed by atoms with Crippen molar-refractivity contribution in [3.63, 3.8) is 0 Å². The van der Waals surface area contributed by atoms with Crippen LogP contribution >= 0.6 is 15.9 Å². The van der Waals surface area contributed by atoms with Gasteiger partial charge in [-0.1, -0.05) is 28.1 Å². The molecule has 1 saturated carbocycles. The van der Waals surface area contributed by atoms with Crippen molar-refractivity contribution >= 4 is 39.7 Å². The maximum atomic E-state index is 13.2. The third-order valence-corrected chi connectivity index (χ3v) is 5.41. The molecule has 1 aliphatic carbocycles. The lowest BCUT2D eigenvalue weighted by Crippen LogP contribution is -2.55. The molecule has 0 heterocycles. The van der Waals surface area contributed by atoms with E-state index in [0.29, 0.717) is 6.54 Å². The number of nitrogens with two attached hydrogens (primary N) is 1. The van der Waals surface area contributed by atoms with E-state index in [0.717, 1.165) is 22.9 Å². The second-order valence-corrected chi connectivity index (χ2v) is 10.3. The van der Waals surface area contributed by atoms with Gasteiger partial charge in [-0.2, -0.15) is 0 Å². The van der Waals surface area contributed by atoms with E-state index in [1.807, 2.05) is 24.3 Å². The van der Waals surface area contributed by atoms with Crippen LogP contribution in [0.25, 0.3) is 0 Å². The van der Waals surface area contributed by atoms with Crippen LogP contribution in [0.3, 0.4) is 0 Å². The molecule has 1 fully saturated rings. The Morgan fingerprint density at radius 1 is 1.21 bits per heavy atom. The summed E-state index contributed by atoms with van der Waals surface area (Å²) in [5.74, 6) is -1.25. The minimum absolute atomic E-state index is 0.188. The van der Waals surface area contributed by atoms with Crippen LogP contribution in [0.15, 0.2) is 28.7 Å². The number of halogens is 1. The molecule has 0 bridgehead atoms. The van der Waals surface area contributed by atoms with Gasteiger partial charge in [-0.15, -0.1) is 0 Å². The lowest BCUT2D eigenvalue weighted by Gasteiger charge is -2.31. The maximum absolute atomic E-state index is 13.2. The normalized spacial score (nSPS) is 15.2. The molecule has 0 radical (unpaired) electrons. The number of hydrogen-bond acceptors (Lipinski definition) is 6. The van der Waals surface area contributed by atoms with E-state index in [1.165, 1.54) is 11.8 Å². The van der Waals surface area contributed by atoms with Crippen molar-refractivity contribution in [3.05, 3.63) is 34.3 Å². The molecule has 33 heavy (non-hydrogen) atoms. The number of amides is 4. The van der Waals surface area contributed by atoms with Crippen molar-refractivity contribution in [2.75, 3.05) is 13.1 Å². The highest BCUT2D eigenvalue weighted by Crippen LogP contribution is 2.31. The first-order chi connectivity index (χ1) is 15.4. The van der Waals surface area contributed by atoms with Gasteiger partial charge >= 0.3 is 6.09 Å². The molecule has 10 heteroatoms. The fourth-order valence-electron chi connectivity index (χ4n) is 3.13. The van der Waals surface area contributed by atoms with E-state index < -0.39 is 41.5 Å². The summed E-state index contributed by atoms with van der Waals surface area (Å²) in [7, 11) is 0. The van der Waals surface area contributed by atoms with E-state index in [9.17, 15) is 19.2 Å². The number of carbonyl (C=O) groups is 4. The summed E-state index contributed by atoms with van der Waals surface area (Å²) in [6.45, 7) is 6.67. The number of hydrogen-bond donors (Lipinski definition) is 3. The zero-order valence-corrected chi connectivity index (χ0v) is 21.1. The van der Waals surface area contributed by atoms with E-state index in [1.54, 1.807) is 20.8 Å². The van der Waals surface area contributed by atoms with Gasteiger partial charge in [-0.25, -0.2) is 4.79 Å². The molecule has 2 rings (SSSR count). The monoisotopic (exact) mass is 524 g/mol. The summed E-state index contributed by atoms with van der Waals surface area (Å²) in [5, 5.41) is 4.78. The second kappa shape index (κ2) is 11.6. The SMILES string of the molecule is C[C@@H](N)C(=O)NCC(=O)N(CC1CC1)[C@@H](Cc1cccc(Br)c1)C(=O)NC(=O)OC(C)(C)C. The van der Waals surface area contributed by atoms with Gasteiger partial charge in [-0.3, -0.25) is 19.7 Å². The topological polar surface area (TPSA) is 131 Å². The summed E-state index contributed by atoms with van der Waals surface area (Å²) in [5.41, 5.74) is 5.59. The molecule has 0 unspecified atom stereocenters. The molecule has 2 atom stereocenters. The van der Waals surface area contributed by atoms with E-state index in [2.05, 4.69) is 26.6 Å². The quantitative estimate of drug-likeness (QED) is 0.453. The first-order valence-electron chi connectivity index (χ1n) is 11.0. The van der Waals surface area contributed by atoms with Crippen molar-refractivity contribution in [1.82, 2.24) is 15.5 Å². The van der Waals surface area contributed by atoms with Crippen molar-refractivity contribution in [3.8, 4) is 0 Å². The number of alkyl carbamates (subject to hydrolysis) is 1. The Bertz CT molecular complexity index is 880. The third kappa shape index (κ3) is 9.51. The minimum Gasteiger partial charge on any atom is -0.444 e. The summed E-state index contributed by atoms with van der Waals surface area (Å²) in [4.78, 5) is 51.9. The van der Waals surface area contributed by atoms with Gasteiger partial charge in [0.1, 0.15) is 11.6 Å². The predicted octanol–water partition coefficient (Wildman–Crippen LogP) is 2.11. The van der Waals surface area contributed by atoms with Crippen LogP contribution < -0.4 is 16.4 Å². The van der Waals surface area contributed by atoms with Gasteiger partial charge in [0, 0.05) is 17.4 Å². The van der Waals surface area contributed by atoms with Crippen molar-refractivity contribution in [1.29, 1.82) is 0 Å². The highest BCUT2D eigenvalue weighted by atomic mass is 79.9. The largest absolute Gasteiger partial charge is 0.444 e. The smallest absolute Gasteiger partial charge is 0.414 e. The first kappa shape index (κ1) is 26.8. The number of nitrogens with zero attached hydrogens (tertiary/aromatic N) is 1. The van der Waals surface area contributed by atoms with Crippen LogP contribution in [0.4, 0.5) is 4.79 Å². The number of benzene rings is 1. The van der Waals surface area contributed by atoms with Crippen molar-refractivity contribution < 1.29 is 23.9 Å². The number of imide groups is 1. The van der Waals surface area contributed by atoms with Crippen LogP contribution in [-0.2, 0) is 25.5 Å². The highest BCUT2D eigenvalue weighted by molar-refractivity contribution is 9.10. The zero-order chi connectivity index (χ0) is 24.8. The Balaban J connectivity index is 2.27. The molecule has 0 saturated heterocycles. The average molecular weight is 525 g/mol. The molecule has 182 valence electrons. The van der Waals surface area contributed by atoms with Gasteiger partial charge in [0.25, 0.3) is 5.91 Å². The molecule has 0 aliphatic heterocycles. The number of ether oxygens (including phenoxy) is 1. The summed E-state index contributed by atoms with van der Waals surface area (Å²) in [6.07, 6.45) is 1.21. The van der Waals surface area contributed by atoms with Gasteiger partial charge in [0.2, 0.25) is 11.8 Å². The van der Waals surface area contributed by atoms with Crippen LogP contribution in [0.1, 0.15) is 46.1 Å². The van der Waals surface area contributed by atoms with Crippen LogP contribution in [-0.4, -0.2) is 59.5 Å². The molecule has 1 aliphatic rings. The summed E-state index contributed by atoms with van der Waals surface area (Å²) >= 11 is 3.42. The molecule has 0 spiro atoms. The Hall–Kier alpha value is -2.46. The molecule has 9 nitrogen and oxygen atoms in total. The number of carbonyl (C=O) groups excluding carboxylic acids is 4. The zero-order valence-electron chi connectivity index (χ0n) is 19.5. The van der Waals surface area contributed by atoms with Gasteiger partial charge in [-0.05, 0) is 64.2 Å². The van der Waals surface area contributed by atoms with Gasteiger partial charge in [0.15, 0.2) is 0 Å². The number of rotatable bonds is 9. The van der Waals surface area contributed by atoms with Crippen molar-refractivity contribution in [2.45, 2.75) is 64.6 Å². The van der Waals surface area contributed by atoms with Gasteiger partial charge in [0.05, 0.1) is 12.6 Å². The fourth-order valence-corrected chi connectivity index (χ4v) is 3.57. The standard InChI is InChI=1S/C23H33BrN4O5/c1-14(25)20(30)26-12-19(29)28(13-15-8-9-15)18(11-16-6-5-7-17(24)10-16)21(31)27-22(32)33-23(2,3)4/h5-7,10,14-15,18H,8-9,11-13,25H2,1-4H3,(H,26,30)(H,27,31,32)/t14-,18+/m1/s1. The first-order valence-corrected chi connectivity index (χ1v) is 11.8. The maximum Gasteiger partial charge on any atom is 0.414 e. The fraction of sp³-hybridized carbons (Fsp3) is 0.565. The Morgan fingerprint density at radius 3 is 2.42 bits per heavy atom. The summed E-state index contributed by atoms with van der Waals surface area (Å²) in [6, 6.07) is 5.66. The number of nitrogens with one attached hydrogen (secondary N) is 2. The van der Waals surface area contributed by atoms with E-state index in [-0.39, 0.29) is 18.9 Å². The van der Waals surface area contributed by atoms with Crippen LogP contribution in [0.2, 0.25) is 0 Å². The average Bonchev–Trinajstić information content (AvgIpc) is 3.51. The van der Waals surface area contributed by atoms with E-state index in [4.69, 9.17) is 10.5 Å². The third-order valence-electron chi connectivity index (χ3n) is 4.92. The molecule has 1 aromatic carbocycles. The molecular formula is C23H33BrN4O5. The summed E-state index contributed by atoms with van der Waals surface area (Å²) < 4.78 is 6.04. The lowest BCUT2D eigenvalue weighted by molar-refractivity contribution is -0.140.